The van der Waals surface area contributed by atoms with Gasteiger partial charge in [0.25, 0.3) is 0 Å². The van der Waals surface area contributed by atoms with E-state index in [0.717, 1.165) is 5.56 Å². The molecule has 0 bridgehead atoms. The SMILES string of the molecule is Cc1cccc(C#CC(c2ccccc2)c2ccccc2)c1. The van der Waals surface area contributed by atoms with Crippen LogP contribution in [-0.2, 0) is 0 Å². The van der Waals surface area contributed by atoms with Crippen LogP contribution >= 0.6 is 0 Å². The molecule has 0 N–H and O–H groups in total. The van der Waals surface area contributed by atoms with Crippen LogP contribution in [0, 0.1) is 18.8 Å². The Bertz CT molecular complexity index is 750. The molecule has 0 radical (unpaired) electrons. The van der Waals surface area contributed by atoms with Crippen molar-refractivity contribution >= 4 is 0 Å². The van der Waals surface area contributed by atoms with E-state index in [4.69, 9.17) is 0 Å². The lowest BCUT2D eigenvalue weighted by Gasteiger charge is -2.11. The van der Waals surface area contributed by atoms with Crippen molar-refractivity contribution in [2.45, 2.75) is 12.8 Å². The molecule has 0 aromatic heterocycles. The van der Waals surface area contributed by atoms with E-state index < -0.39 is 0 Å². The maximum atomic E-state index is 3.45. The van der Waals surface area contributed by atoms with E-state index >= 15 is 0 Å². The summed E-state index contributed by atoms with van der Waals surface area (Å²) in [6, 6.07) is 29.3. The number of hydrogen-bond donors (Lipinski definition) is 0. The van der Waals surface area contributed by atoms with E-state index in [1.165, 1.54) is 16.7 Å². The standard InChI is InChI=1S/C22H18/c1-18-9-8-10-19(17-18)15-16-22(20-11-4-2-5-12-20)21-13-6-3-7-14-21/h2-14,17,22H,1H3. The maximum Gasteiger partial charge on any atom is 0.0705 e. The van der Waals surface area contributed by atoms with Crippen molar-refractivity contribution in [2.75, 3.05) is 0 Å². The second kappa shape index (κ2) is 6.78. The third-order valence-corrected chi connectivity index (χ3v) is 3.64. The largest absolute Gasteiger partial charge is 0.0848 e. The number of benzene rings is 3. The first kappa shape index (κ1) is 14.2. The molecule has 0 atom stereocenters. The molecule has 3 rings (SSSR count). The van der Waals surface area contributed by atoms with Gasteiger partial charge in [0.2, 0.25) is 0 Å². The summed E-state index contributed by atoms with van der Waals surface area (Å²) in [5, 5.41) is 0. The number of aryl methyl sites for hydroxylation is 1. The first-order valence-corrected chi connectivity index (χ1v) is 7.51. The smallest absolute Gasteiger partial charge is 0.0705 e. The van der Waals surface area contributed by atoms with E-state index in [1.54, 1.807) is 0 Å². The van der Waals surface area contributed by atoms with Crippen LogP contribution in [0.25, 0.3) is 0 Å². The summed E-state index contributed by atoms with van der Waals surface area (Å²) in [6.45, 7) is 2.09. The highest BCUT2D eigenvalue weighted by Gasteiger charge is 2.10. The highest BCUT2D eigenvalue weighted by Crippen LogP contribution is 2.23. The van der Waals surface area contributed by atoms with Crippen molar-refractivity contribution in [3.63, 3.8) is 0 Å². The van der Waals surface area contributed by atoms with Gasteiger partial charge >= 0.3 is 0 Å². The fraction of sp³-hybridized carbons (Fsp3) is 0.0909. The van der Waals surface area contributed by atoms with Crippen LogP contribution in [0.15, 0.2) is 84.9 Å². The van der Waals surface area contributed by atoms with E-state index in [0.29, 0.717) is 0 Å². The Morgan fingerprint density at radius 3 is 1.82 bits per heavy atom. The van der Waals surface area contributed by atoms with Gasteiger partial charge in [-0.2, -0.15) is 0 Å². The summed E-state index contributed by atoms with van der Waals surface area (Å²) in [6.07, 6.45) is 0. The molecule has 0 spiro atoms. The maximum absolute atomic E-state index is 3.45. The van der Waals surface area contributed by atoms with E-state index in [1.807, 2.05) is 12.1 Å². The first-order valence-electron chi connectivity index (χ1n) is 7.51. The van der Waals surface area contributed by atoms with Crippen LogP contribution in [0.4, 0.5) is 0 Å². The fourth-order valence-electron chi connectivity index (χ4n) is 2.53. The molecule has 0 amide bonds. The molecule has 0 fully saturated rings. The molecular formula is C22H18. The minimum atomic E-state index is 0.0999. The molecule has 0 aliphatic carbocycles. The average Bonchev–Trinajstić information content (AvgIpc) is 2.57. The van der Waals surface area contributed by atoms with Crippen molar-refractivity contribution in [1.29, 1.82) is 0 Å². The minimum Gasteiger partial charge on any atom is -0.0848 e. The van der Waals surface area contributed by atoms with Crippen molar-refractivity contribution < 1.29 is 0 Å². The van der Waals surface area contributed by atoms with Crippen LogP contribution in [-0.4, -0.2) is 0 Å². The highest BCUT2D eigenvalue weighted by molar-refractivity contribution is 5.45. The zero-order valence-electron chi connectivity index (χ0n) is 12.7. The van der Waals surface area contributed by atoms with Crippen LogP contribution in [0.5, 0.6) is 0 Å². The van der Waals surface area contributed by atoms with Crippen molar-refractivity contribution in [3.05, 3.63) is 107 Å². The molecule has 106 valence electrons. The molecule has 0 unspecified atom stereocenters. The van der Waals surface area contributed by atoms with Gasteiger partial charge in [0, 0.05) is 5.56 Å². The summed E-state index contributed by atoms with van der Waals surface area (Å²) < 4.78 is 0. The predicted molar refractivity (Wildman–Crippen MR) is 92.8 cm³/mol. The number of rotatable bonds is 2. The quantitative estimate of drug-likeness (QED) is 0.568. The van der Waals surface area contributed by atoms with E-state index in [-0.39, 0.29) is 5.92 Å². The van der Waals surface area contributed by atoms with Gasteiger partial charge in [0.15, 0.2) is 0 Å². The first-order chi connectivity index (χ1) is 10.8. The lowest BCUT2D eigenvalue weighted by molar-refractivity contribution is 1.06. The molecule has 0 aliphatic rings. The highest BCUT2D eigenvalue weighted by atomic mass is 14.1. The average molecular weight is 282 g/mol. The minimum absolute atomic E-state index is 0.0999. The molecule has 0 saturated heterocycles. The Hall–Kier alpha value is -2.78. The Morgan fingerprint density at radius 2 is 1.27 bits per heavy atom. The summed E-state index contributed by atoms with van der Waals surface area (Å²) in [7, 11) is 0. The van der Waals surface area contributed by atoms with E-state index in [9.17, 15) is 0 Å². The van der Waals surface area contributed by atoms with Crippen LogP contribution in [0.2, 0.25) is 0 Å². The monoisotopic (exact) mass is 282 g/mol. The van der Waals surface area contributed by atoms with Crippen LogP contribution in [0.1, 0.15) is 28.2 Å². The van der Waals surface area contributed by atoms with Gasteiger partial charge in [0.1, 0.15) is 0 Å². The fourth-order valence-corrected chi connectivity index (χ4v) is 2.53. The Labute approximate surface area is 132 Å². The second-order valence-corrected chi connectivity index (χ2v) is 5.39. The van der Waals surface area contributed by atoms with Crippen LogP contribution < -0.4 is 0 Å². The van der Waals surface area contributed by atoms with Gasteiger partial charge in [0.05, 0.1) is 5.92 Å². The van der Waals surface area contributed by atoms with Gasteiger partial charge in [-0.3, -0.25) is 0 Å². The molecule has 0 heteroatoms. The predicted octanol–water partition coefficient (Wildman–Crippen LogP) is 5.18. The van der Waals surface area contributed by atoms with Gasteiger partial charge in [-0.25, -0.2) is 0 Å². The Balaban J connectivity index is 2.01. The topological polar surface area (TPSA) is 0 Å². The third kappa shape index (κ3) is 3.45. The second-order valence-electron chi connectivity index (χ2n) is 5.39. The molecule has 0 saturated carbocycles. The van der Waals surface area contributed by atoms with Gasteiger partial charge in [-0.05, 0) is 35.7 Å². The molecular weight excluding hydrogens is 264 g/mol. The molecule has 0 heterocycles. The van der Waals surface area contributed by atoms with E-state index in [2.05, 4.69) is 91.6 Å². The lowest BCUT2D eigenvalue weighted by Crippen LogP contribution is -1.98. The molecule has 22 heavy (non-hydrogen) atoms. The summed E-state index contributed by atoms with van der Waals surface area (Å²) in [5.41, 5.74) is 4.77. The Kier molecular flexibility index (Phi) is 4.37. The van der Waals surface area contributed by atoms with Crippen molar-refractivity contribution in [3.8, 4) is 11.8 Å². The van der Waals surface area contributed by atoms with Crippen molar-refractivity contribution in [2.24, 2.45) is 0 Å². The molecule has 3 aromatic rings. The van der Waals surface area contributed by atoms with Gasteiger partial charge < -0.3 is 0 Å². The normalized spacial score (nSPS) is 10.1. The zero-order chi connectivity index (χ0) is 15.2. The molecule has 0 nitrogen and oxygen atoms in total. The zero-order valence-corrected chi connectivity index (χ0v) is 12.7. The third-order valence-electron chi connectivity index (χ3n) is 3.64. The molecule has 3 aromatic carbocycles. The Morgan fingerprint density at radius 1 is 0.682 bits per heavy atom. The summed E-state index contributed by atoms with van der Waals surface area (Å²) in [5.74, 6) is 6.88. The number of hydrogen-bond acceptors (Lipinski definition) is 0. The summed E-state index contributed by atoms with van der Waals surface area (Å²) >= 11 is 0. The van der Waals surface area contributed by atoms with Gasteiger partial charge in [-0.15, -0.1) is 0 Å². The summed E-state index contributed by atoms with van der Waals surface area (Å²) in [4.78, 5) is 0. The lowest BCUT2D eigenvalue weighted by atomic mass is 9.91. The van der Waals surface area contributed by atoms with Gasteiger partial charge in [-0.1, -0.05) is 84.6 Å². The van der Waals surface area contributed by atoms with Crippen LogP contribution in [0.3, 0.4) is 0 Å². The van der Waals surface area contributed by atoms with Crippen molar-refractivity contribution in [1.82, 2.24) is 0 Å². The molecule has 0 aliphatic heterocycles.